The quantitative estimate of drug-likeness (QED) is 0.768. The molecule has 4 rings (SSSR count). The van der Waals surface area contributed by atoms with Gasteiger partial charge in [0.05, 0.1) is 6.61 Å². The molecule has 0 atom stereocenters. The largest absolute Gasteiger partial charge is 0.476 e. The van der Waals surface area contributed by atoms with E-state index in [-0.39, 0.29) is 22.0 Å². The van der Waals surface area contributed by atoms with E-state index in [0.29, 0.717) is 13.2 Å². The summed E-state index contributed by atoms with van der Waals surface area (Å²) >= 11 is 0. The first kappa shape index (κ1) is 19.3. The lowest BCUT2D eigenvalue weighted by Crippen LogP contribution is -2.50. The van der Waals surface area contributed by atoms with Crippen LogP contribution in [0.15, 0.2) is 47.5 Å². The number of piperidine rings is 1. The normalized spacial score (nSPS) is 22.1. The van der Waals surface area contributed by atoms with Gasteiger partial charge in [0, 0.05) is 31.7 Å². The molecule has 28 heavy (non-hydrogen) atoms. The molecule has 1 aromatic carbocycles. The standard InChI is InChI=1S/C20H24FN3O3S/c1-23-14-20(15-27-19-18(28(23,25)26)3-2-10-22-19)8-11-24(12-9-20)13-16-4-6-17(21)7-5-16/h2-7,10H,8-9,11-15H2,1H3. The molecule has 0 radical (unpaired) electrons. The predicted octanol–water partition coefficient (Wildman–Crippen LogP) is 2.52. The molecule has 1 saturated heterocycles. The Morgan fingerprint density at radius 2 is 1.89 bits per heavy atom. The molecule has 0 aliphatic carbocycles. The summed E-state index contributed by atoms with van der Waals surface area (Å²) in [5.74, 6) is -0.0479. The molecular formula is C20H24FN3O3S. The van der Waals surface area contributed by atoms with Crippen molar-refractivity contribution in [3.8, 4) is 5.88 Å². The fourth-order valence-corrected chi connectivity index (χ4v) is 5.37. The number of fused-ring (bicyclic) bond motifs is 1. The van der Waals surface area contributed by atoms with Crippen molar-refractivity contribution in [2.75, 3.05) is 33.3 Å². The van der Waals surface area contributed by atoms with Gasteiger partial charge in [0.2, 0.25) is 15.9 Å². The van der Waals surface area contributed by atoms with Crippen molar-refractivity contribution in [1.82, 2.24) is 14.2 Å². The summed E-state index contributed by atoms with van der Waals surface area (Å²) in [6, 6.07) is 9.72. The Morgan fingerprint density at radius 3 is 2.61 bits per heavy atom. The number of hydrogen-bond acceptors (Lipinski definition) is 5. The Bertz CT molecular complexity index is 941. The van der Waals surface area contributed by atoms with Crippen LogP contribution < -0.4 is 4.74 Å². The Kier molecular flexibility index (Phi) is 5.11. The van der Waals surface area contributed by atoms with Gasteiger partial charge < -0.3 is 4.74 Å². The molecule has 2 aliphatic rings. The molecule has 0 saturated carbocycles. The summed E-state index contributed by atoms with van der Waals surface area (Å²) in [7, 11) is -2.00. The summed E-state index contributed by atoms with van der Waals surface area (Å²) in [6.07, 6.45) is 3.21. The average Bonchev–Trinajstić information content (AvgIpc) is 2.69. The number of rotatable bonds is 2. The zero-order valence-electron chi connectivity index (χ0n) is 15.8. The molecule has 0 unspecified atom stereocenters. The Labute approximate surface area is 165 Å². The highest BCUT2D eigenvalue weighted by molar-refractivity contribution is 7.89. The third-order valence-corrected chi connectivity index (χ3v) is 7.55. The smallest absolute Gasteiger partial charge is 0.248 e. The Hall–Kier alpha value is -2.03. The maximum atomic E-state index is 13.1. The third-order valence-electron chi connectivity index (χ3n) is 5.73. The minimum atomic E-state index is -3.63. The highest BCUT2D eigenvalue weighted by atomic mass is 32.2. The van der Waals surface area contributed by atoms with E-state index < -0.39 is 10.0 Å². The lowest BCUT2D eigenvalue weighted by molar-refractivity contribution is 0.0343. The number of hydrogen-bond donors (Lipinski definition) is 0. The highest BCUT2D eigenvalue weighted by Gasteiger charge is 2.41. The SMILES string of the molecule is CN1CC2(CCN(Cc3ccc(F)cc3)CC2)COc2ncccc2S1(=O)=O. The van der Waals surface area contributed by atoms with Gasteiger partial charge in [0.25, 0.3) is 0 Å². The van der Waals surface area contributed by atoms with E-state index >= 15 is 0 Å². The van der Waals surface area contributed by atoms with Crippen molar-refractivity contribution >= 4 is 10.0 Å². The molecule has 1 spiro atoms. The first-order valence-corrected chi connectivity index (χ1v) is 10.8. The number of ether oxygens (including phenoxy) is 1. The van der Waals surface area contributed by atoms with Gasteiger partial charge in [-0.25, -0.2) is 22.1 Å². The summed E-state index contributed by atoms with van der Waals surface area (Å²) in [5, 5.41) is 0. The summed E-state index contributed by atoms with van der Waals surface area (Å²) in [5.41, 5.74) is 0.833. The van der Waals surface area contributed by atoms with E-state index in [9.17, 15) is 12.8 Å². The van der Waals surface area contributed by atoms with E-state index in [1.54, 1.807) is 19.3 Å². The Morgan fingerprint density at radius 1 is 1.18 bits per heavy atom. The fourth-order valence-electron chi connectivity index (χ4n) is 4.01. The molecule has 1 fully saturated rings. The van der Waals surface area contributed by atoms with Gasteiger partial charge in [-0.05, 0) is 55.8 Å². The molecular weight excluding hydrogens is 381 g/mol. The second-order valence-electron chi connectivity index (χ2n) is 7.76. The minimum absolute atomic E-state index is 0.126. The van der Waals surface area contributed by atoms with Gasteiger partial charge in [-0.2, -0.15) is 0 Å². The van der Waals surface area contributed by atoms with Crippen molar-refractivity contribution in [2.45, 2.75) is 24.3 Å². The summed E-state index contributed by atoms with van der Waals surface area (Å²) < 4.78 is 46.2. The van der Waals surface area contributed by atoms with Crippen LogP contribution in [-0.2, 0) is 16.6 Å². The number of nitrogens with zero attached hydrogens (tertiary/aromatic N) is 3. The van der Waals surface area contributed by atoms with Crippen molar-refractivity contribution in [3.05, 3.63) is 54.0 Å². The third kappa shape index (κ3) is 3.76. The second kappa shape index (κ2) is 7.42. The minimum Gasteiger partial charge on any atom is -0.476 e. The average molecular weight is 405 g/mol. The molecule has 2 aliphatic heterocycles. The summed E-state index contributed by atoms with van der Waals surface area (Å²) in [4.78, 5) is 6.58. The van der Waals surface area contributed by atoms with Crippen LogP contribution in [0.25, 0.3) is 0 Å². The lowest BCUT2D eigenvalue weighted by atomic mass is 9.79. The van der Waals surface area contributed by atoms with E-state index in [1.807, 2.05) is 12.1 Å². The number of aromatic nitrogens is 1. The number of halogens is 1. The molecule has 2 aromatic rings. The molecule has 3 heterocycles. The highest BCUT2D eigenvalue weighted by Crippen LogP contribution is 2.38. The molecule has 0 bridgehead atoms. The predicted molar refractivity (Wildman–Crippen MR) is 103 cm³/mol. The van der Waals surface area contributed by atoms with Gasteiger partial charge in [0.1, 0.15) is 10.7 Å². The van der Waals surface area contributed by atoms with E-state index in [0.717, 1.165) is 38.0 Å². The lowest BCUT2D eigenvalue weighted by Gasteiger charge is -2.44. The molecule has 8 heteroatoms. The fraction of sp³-hybridized carbons (Fsp3) is 0.450. The van der Waals surface area contributed by atoms with Crippen LogP contribution in [0.3, 0.4) is 0 Å². The van der Waals surface area contributed by atoms with E-state index in [2.05, 4.69) is 9.88 Å². The van der Waals surface area contributed by atoms with Gasteiger partial charge >= 0.3 is 0 Å². The second-order valence-corrected chi connectivity index (χ2v) is 9.77. The zero-order valence-corrected chi connectivity index (χ0v) is 16.7. The van der Waals surface area contributed by atoms with Crippen molar-refractivity contribution in [3.63, 3.8) is 0 Å². The molecule has 0 amide bonds. The molecule has 1 aromatic heterocycles. The maximum Gasteiger partial charge on any atom is 0.248 e. The molecule has 150 valence electrons. The van der Waals surface area contributed by atoms with Crippen molar-refractivity contribution in [1.29, 1.82) is 0 Å². The van der Waals surface area contributed by atoms with Crippen LogP contribution >= 0.6 is 0 Å². The number of pyridine rings is 1. The molecule has 6 nitrogen and oxygen atoms in total. The molecule has 0 N–H and O–H groups in total. The van der Waals surface area contributed by atoms with E-state index in [1.165, 1.54) is 22.5 Å². The van der Waals surface area contributed by atoms with Gasteiger partial charge in [-0.3, -0.25) is 4.90 Å². The van der Waals surface area contributed by atoms with Crippen LogP contribution in [0.5, 0.6) is 5.88 Å². The Balaban J connectivity index is 1.48. The van der Waals surface area contributed by atoms with Crippen LogP contribution in [0.1, 0.15) is 18.4 Å². The van der Waals surface area contributed by atoms with Crippen LogP contribution in [-0.4, -0.2) is 55.9 Å². The van der Waals surface area contributed by atoms with Crippen LogP contribution in [0.4, 0.5) is 4.39 Å². The topological polar surface area (TPSA) is 62.7 Å². The summed E-state index contributed by atoms with van der Waals surface area (Å²) in [6.45, 7) is 3.30. The van der Waals surface area contributed by atoms with Gasteiger partial charge in [0.15, 0.2) is 0 Å². The van der Waals surface area contributed by atoms with Gasteiger partial charge in [-0.1, -0.05) is 12.1 Å². The van der Waals surface area contributed by atoms with Crippen LogP contribution in [0.2, 0.25) is 0 Å². The zero-order chi connectivity index (χ0) is 19.8. The number of benzene rings is 1. The van der Waals surface area contributed by atoms with E-state index in [4.69, 9.17) is 4.74 Å². The van der Waals surface area contributed by atoms with Crippen molar-refractivity contribution in [2.24, 2.45) is 5.41 Å². The number of likely N-dealkylation sites (tertiary alicyclic amines) is 1. The van der Waals surface area contributed by atoms with Crippen molar-refractivity contribution < 1.29 is 17.5 Å². The maximum absolute atomic E-state index is 13.1. The first-order chi connectivity index (χ1) is 13.4. The van der Waals surface area contributed by atoms with Crippen LogP contribution in [0, 0.1) is 11.2 Å². The monoisotopic (exact) mass is 405 g/mol. The van der Waals surface area contributed by atoms with Gasteiger partial charge in [-0.15, -0.1) is 0 Å². The first-order valence-electron chi connectivity index (χ1n) is 9.39. The number of sulfonamides is 1.